The van der Waals surface area contributed by atoms with Gasteiger partial charge >= 0.3 is 0 Å². The van der Waals surface area contributed by atoms with Gasteiger partial charge in [-0.15, -0.1) is 0 Å². The molecule has 0 aliphatic rings. The SMILES string of the molecule is CC(C)NC(=S)N/N=C/c1ccc(F)c(F)c1. The Balaban J connectivity index is 2.53. The Morgan fingerprint density at radius 2 is 2.06 bits per heavy atom. The van der Waals surface area contributed by atoms with Crippen LogP contribution >= 0.6 is 12.2 Å². The van der Waals surface area contributed by atoms with Crippen molar-refractivity contribution in [3.05, 3.63) is 35.4 Å². The Morgan fingerprint density at radius 3 is 2.65 bits per heavy atom. The monoisotopic (exact) mass is 257 g/mol. The molecule has 2 N–H and O–H groups in total. The summed E-state index contributed by atoms with van der Waals surface area (Å²) in [6.07, 6.45) is 1.36. The molecule has 0 atom stereocenters. The minimum Gasteiger partial charge on any atom is -0.359 e. The first-order valence-electron chi connectivity index (χ1n) is 5.03. The quantitative estimate of drug-likeness (QED) is 0.495. The second-order valence-electron chi connectivity index (χ2n) is 3.67. The number of nitrogens with zero attached hydrogens (tertiary/aromatic N) is 1. The molecule has 17 heavy (non-hydrogen) atoms. The fourth-order valence-corrected chi connectivity index (χ4v) is 1.34. The van der Waals surface area contributed by atoms with Crippen LogP contribution in [0.5, 0.6) is 0 Å². The van der Waals surface area contributed by atoms with Crippen molar-refractivity contribution in [2.45, 2.75) is 19.9 Å². The van der Waals surface area contributed by atoms with E-state index < -0.39 is 11.6 Å². The molecule has 1 rings (SSSR count). The van der Waals surface area contributed by atoms with Crippen LogP contribution in [0, 0.1) is 11.6 Å². The van der Waals surface area contributed by atoms with E-state index in [1.54, 1.807) is 0 Å². The maximum Gasteiger partial charge on any atom is 0.187 e. The highest BCUT2D eigenvalue weighted by molar-refractivity contribution is 7.80. The average Bonchev–Trinajstić information content (AvgIpc) is 2.22. The first-order chi connectivity index (χ1) is 7.99. The first-order valence-corrected chi connectivity index (χ1v) is 5.44. The van der Waals surface area contributed by atoms with Gasteiger partial charge in [0.15, 0.2) is 16.7 Å². The van der Waals surface area contributed by atoms with E-state index >= 15 is 0 Å². The Hall–Kier alpha value is -1.56. The summed E-state index contributed by atoms with van der Waals surface area (Å²) in [5.41, 5.74) is 3.02. The fourth-order valence-electron chi connectivity index (χ4n) is 1.05. The summed E-state index contributed by atoms with van der Waals surface area (Å²) < 4.78 is 25.5. The smallest absolute Gasteiger partial charge is 0.187 e. The van der Waals surface area contributed by atoms with Gasteiger partial charge in [-0.1, -0.05) is 6.07 Å². The average molecular weight is 257 g/mol. The van der Waals surface area contributed by atoms with Crippen molar-refractivity contribution in [1.29, 1.82) is 0 Å². The van der Waals surface area contributed by atoms with Crippen LogP contribution in [0.2, 0.25) is 0 Å². The number of hydrogen-bond donors (Lipinski definition) is 2. The number of thiocarbonyl (C=S) groups is 1. The van der Waals surface area contributed by atoms with Gasteiger partial charge in [-0.2, -0.15) is 5.10 Å². The van der Waals surface area contributed by atoms with Gasteiger partial charge in [0, 0.05) is 6.04 Å². The van der Waals surface area contributed by atoms with E-state index in [2.05, 4.69) is 15.8 Å². The fraction of sp³-hybridized carbons (Fsp3) is 0.273. The zero-order valence-electron chi connectivity index (χ0n) is 9.50. The second-order valence-corrected chi connectivity index (χ2v) is 4.08. The van der Waals surface area contributed by atoms with Crippen LogP contribution in [0.15, 0.2) is 23.3 Å². The molecule has 3 nitrogen and oxygen atoms in total. The van der Waals surface area contributed by atoms with Crippen LogP contribution in [0.1, 0.15) is 19.4 Å². The topological polar surface area (TPSA) is 36.4 Å². The van der Waals surface area contributed by atoms with Crippen molar-refractivity contribution in [2.75, 3.05) is 0 Å². The summed E-state index contributed by atoms with van der Waals surface area (Å²) in [5, 5.41) is 7.09. The molecule has 0 radical (unpaired) electrons. The molecule has 0 amide bonds. The molecule has 0 bridgehead atoms. The molecule has 0 saturated heterocycles. The molecule has 0 aromatic heterocycles. The van der Waals surface area contributed by atoms with E-state index in [0.29, 0.717) is 10.7 Å². The largest absolute Gasteiger partial charge is 0.359 e. The summed E-state index contributed by atoms with van der Waals surface area (Å²) in [6.45, 7) is 3.88. The number of rotatable bonds is 3. The summed E-state index contributed by atoms with van der Waals surface area (Å²) in [5.74, 6) is -1.79. The van der Waals surface area contributed by atoms with Crippen LogP contribution < -0.4 is 10.7 Å². The zero-order chi connectivity index (χ0) is 12.8. The second kappa shape index (κ2) is 6.24. The number of benzene rings is 1. The maximum atomic E-state index is 12.8. The predicted molar refractivity (Wildman–Crippen MR) is 68.0 cm³/mol. The zero-order valence-corrected chi connectivity index (χ0v) is 10.3. The Kier molecular flexibility index (Phi) is 4.96. The van der Waals surface area contributed by atoms with Crippen molar-refractivity contribution < 1.29 is 8.78 Å². The lowest BCUT2D eigenvalue weighted by Gasteiger charge is -2.09. The number of hydrogen-bond acceptors (Lipinski definition) is 2. The van der Waals surface area contributed by atoms with E-state index in [4.69, 9.17) is 12.2 Å². The van der Waals surface area contributed by atoms with Gasteiger partial charge in [0.05, 0.1) is 6.21 Å². The molecule has 1 aromatic carbocycles. The summed E-state index contributed by atoms with van der Waals surface area (Å²) in [7, 11) is 0. The Labute approximate surface area is 104 Å². The summed E-state index contributed by atoms with van der Waals surface area (Å²) in [4.78, 5) is 0. The van der Waals surface area contributed by atoms with E-state index in [1.165, 1.54) is 12.3 Å². The lowest BCUT2D eigenvalue weighted by atomic mass is 10.2. The molecular formula is C11H13F2N3S. The minimum absolute atomic E-state index is 0.202. The number of halogens is 2. The molecule has 92 valence electrons. The van der Waals surface area contributed by atoms with E-state index in [1.807, 2.05) is 13.8 Å². The van der Waals surface area contributed by atoms with Crippen molar-refractivity contribution in [3.63, 3.8) is 0 Å². The third-order valence-corrected chi connectivity index (χ3v) is 1.95. The molecular weight excluding hydrogens is 244 g/mol. The van der Waals surface area contributed by atoms with Crippen LogP contribution in [0.4, 0.5) is 8.78 Å². The van der Waals surface area contributed by atoms with Crippen LogP contribution in [0.3, 0.4) is 0 Å². The molecule has 0 unspecified atom stereocenters. The van der Waals surface area contributed by atoms with Crippen molar-refractivity contribution >= 4 is 23.5 Å². The lowest BCUT2D eigenvalue weighted by Crippen LogP contribution is -2.36. The van der Waals surface area contributed by atoms with Crippen molar-refractivity contribution in [2.24, 2.45) is 5.10 Å². The van der Waals surface area contributed by atoms with Crippen LogP contribution in [0.25, 0.3) is 0 Å². The van der Waals surface area contributed by atoms with Gasteiger partial charge in [0.1, 0.15) is 0 Å². The molecule has 0 saturated carbocycles. The summed E-state index contributed by atoms with van der Waals surface area (Å²) in [6, 6.07) is 3.72. The third-order valence-electron chi connectivity index (χ3n) is 1.74. The molecule has 0 fully saturated rings. The van der Waals surface area contributed by atoms with Gasteiger partial charge in [0.2, 0.25) is 0 Å². The minimum atomic E-state index is -0.906. The van der Waals surface area contributed by atoms with E-state index in [0.717, 1.165) is 12.1 Å². The maximum absolute atomic E-state index is 12.8. The molecule has 0 heterocycles. The molecule has 6 heteroatoms. The Bertz CT molecular complexity index is 433. The third kappa shape index (κ3) is 4.86. The van der Waals surface area contributed by atoms with Crippen molar-refractivity contribution in [1.82, 2.24) is 10.7 Å². The van der Waals surface area contributed by atoms with Gasteiger partial charge in [-0.05, 0) is 43.8 Å². The van der Waals surface area contributed by atoms with Gasteiger partial charge in [-0.3, -0.25) is 5.43 Å². The standard InChI is InChI=1S/C11H13F2N3S/c1-7(2)15-11(17)16-14-6-8-3-4-9(12)10(13)5-8/h3-7H,1-2H3,(H2,15,16,17)/b14-6+. The van der Waals surface area contributed by atoms with Crippen LogP contribution in [-0.2, 0) is 0 Å². The number of nitrogens with one attached hydrogen (secondary N) is 2. The Morgan fingerprint density at radius 1 is 1.35 bits per heavy atom. The molecule has 0 aliphatic carbocycles. The predicted octanol–water partition coefficient (Wildman–Crippen LogP) is 2.17. The summed E-state index contributed by atoms with van der Waals surface area (Å²) >= 11 is 4.92. The molecule has 0 spiro atoms. The van der Waals surface area contributed by atoms with E-state index in [-0.39, 0.29) is 6.04 Å². The van der Waals surface area contributed by atoms with Gasteiger partial charge in [-0.25, -0.2) is 8.78 Å². The first kappa shape index (κ1) is 13.5. The highest BCUT2D eigenvalue weighted by Gasteiger charge is 2.00. The number of hydrazone groups is 1. The van der Waals surface area contributed by atoms with Crippen molar-refractivity contribution in [3.8, 4) is 0 Å². The van der Waals surface area contributed by atoms with Gasteiger partial charge in [0.25, 0.3) is 0 Å². The van der Waals surface area contributed by atoms with E-state index in [9.17, 15) is 8.78 Å². The van der Waals surface area contributed by atoms with Gasteiger partial charge < -0.3 is 5.32 Å². The van der Waals surface area contributed by atoms with Crippen LogP contribution in [-0.4, -0.2) is 17.4 Å². The molecule has 0 aliphatic heterocycles. The normalized spacial score (nSPS) is 10.9. The molecule has 1 aromatic rings. The highest BCUT2D eigenvalue weighted by atomic mass is 32.1. The lowest BCUT2D eigenvalue weighted by molar-refractivity contribution is 0.508. The highest BCUT2D eigenvalue weighted by Crippen LogP contribution is 2.06.